The second-order valence-corrected chi connectivity index (χ2v) is 13.5. The molecule has 6 rings (SSSR count). The van der Waals surface area contributed by atoms with E-state index in [-0.39, 0.29) is 24.0 Å². The number of nitrogens with zero attached hydrogens (tertiary/aromatic N) is 4. The molecule has 4 heterocycles. The lowest BCUT2D eigenvalue weighted by atomic mass is 9.81. The van der Waals surface area contributed by atoms with Crippen molar-refractivity contribution in [3.05, 3.63) is 65.5 Å². The molecule has 45 heavy (non-hydrogen) atoms. The summed E-state index contributed by atoms with van der Waals surface area (Å²) < 4.78 is 44.6. The van der Waals surface area contributed by atoms with Crippen molar-refractivity contribution in [2.24, 2.45) is 11.8 Å². The van der Waals surface area contributed by atoms with Crippen LogP contribution in [0.3, 0.4) is 0 Å². The second-order valence-electron chi connectivity index (χ2n) is 13.5. The third kappa shape index (κ3) is 8.16. The monoisotopic (exact) mass is 627 g/mol. The third-order valence-corrected chi connectivity index (χ3v) is 10.3. The summed E-state index contributed by atoms with van der Waals surface area (Å²) in [5, 5.41) is 3.32. The van der Waals surface area contributed by atoms with E-state index in [1.807, 2.05) is 17.2 Å². The first kappa shape index (κ1) is 31.8. The van der Waals surface area contributed by atoms with Crippen LogP contribution in [0.2, 0.25) is 0 Å². The fourth-order valence-corrected chi connectivity index (χ4v) is 7.49. The Hall–Kier alpha value is -3.18. The van der Waals surface area contributed by atoms with Crippen molar-refractivity contribution in [3.63, 3.8) is 0 Å². The highest BCUT2D eigenvalue weighted by molar-refractivity contribution is 5.79. The summed E-state index contributed by atoms with van der Waals surface area (Å²) in [4.78, 5) is 36.6. The van der Waals surface area contributed by atoms with Gasteiger partial charge in [0.2, 0.25) is 5.91 Å². The average Bonchev–Trinajstić information content (AvgIpc) is 3.33. The Labute approximate surface area is 263 Å². The van der Waals surface area contributed by atoms with Gasteiger partial charge < -0.3 is 15.0 Å². The molecule has 1 N–H and O–H groups in total. The first-order valence-corrected chi connectivity index (χ1v) is 16.4. The number of halogens is 3. The van der Waals surface area contributed by atoms with Crippen LogP contribution >= 0.6 is 0 Å². The fourth-order valence-electron chi connectivity index (χ4n) is 7.49. The molecule has 244 valence electrons. The summed E-state index contributed by atoms with van der Waals surface area (Å²) in [5.74, 6) is 0.592. The second kappa shape index (κ2) is 13.7. The van der Waals surface area contributed by atoms with Gasteiger partial charge in [-0.2, -0.15) is 13.2 Å². The van der Waals surface area contributed by atoms with E-state index in [0.29, 0.717) is 38.4 Å². The first-order valence-electron chi connectivity index (χ1n) is 16.4. The molecule has 0 radical (unpaired) electrons. The topological polar surface area (TPSA) is 78.0 Å². The quantitative estimate of drug-likeness (QED) is 0.418. The zero-order valence-corrected chi connectivity index (χ0v) is 25.8. The van der Waals surface area contributed by atoms with Crippen molar-refractivity contribution < 1.29 is 27.5 Å². The Morgan fingerprint density at radius 1 is 0.911 bits per heavy atom. The van der Waals surface area contributed by atoms with Gasteiger partial charge in [-0.25, -0.2) is 4.79 Å². The molecule has 0 atom stereocenters. The maximum atomic E-state index is 13.1. The normalized spacial score (nSPS) is 25.0. The van der Waals surface area contributed by atoms with Crippen LogP contribution in [0, 0.1) is 11.8 Å². The van der Waals surface area contributed by atoms with Crippen LogP contribution in [0.5, 0.6) is 0 Å². The van der Waals surface area contributed by atoms with Crippen LogP contribution in [-0.2, 0) is 28.8 Å². The molecule has 2 aromatic rings. The van der Waals surface area contributed by atoms with Crippen molar-refractivity contribution in [1.82, 2.24) is 25.0 Å². The smallest absolute Gasteiger partial charge is 0.416 e. The average molecular weight is 628 g/mol. The minimum Gasteiger partial charge on any atom is -0.441 e. The molecule has 1 aromatic heterocycles. The van der Waals surface area contributed by atoms with E-state index in [0.717, 1.165) is 88.9 Å². The maximum absolute atomic E-state index is 13.1. The lowest BCUT2D eigenvalue weighted by Gasteiger charge is -2.37. The zero-order valence-electron chi connectivity index (χ0n) is 25.8. The highest BCUT2D eigenvalue weighted by Gasteiger charge is 2.47. The molecule has 4 fully saturated rings. The first-order chi connectivity index (χ1) is 21.6. The SMILES string of the molecule is O=C1OC2(CCN(Cc3ccc(C(F)(F)F)cc3)CC2)CN1C[C@H]1CC[C@H](C(=O)NC2CCN(Cc3cccnc3)CC2)CC1. The summed E-state index contributed by atoms with van der Waals surface area (Å²) in [5.41, 5.74) is 0.936. The number of amides is 2. The highest BCUT2D eigenvalue weighted by Crippen LogP contribution is 2.37. The Morgan fingerprint density at radius 2 is 1.58 bits per heavy atom. The minimum absolute atomic E-state index is 0.0422. The Kier molecular flexibility index (Phi) is 9.65. The van der Waals surface area contributed by atoms with Crippen molar-refractivity contribution in [1.29, 1.82) is 0 Å². The molecular formula is C34H44F3N5O3. The summed E-state index contributed by atoms with van der Waals surface area (Å²) in [6, 6.07) is 9.64. The number of likely N-dealkylation sites (tertiary alicyclic amines) is 2. The van der Waals surface area contributed by atoms with E-state index >= 15 is 0 Å². The number of nitrogens with one attached hydrogen (secondary N) is 1. The summed E-state index contributed by atoms with van der Waals surface area (Å²) >= 11 is 0. The van der Waals surface area contributed by atoms with E-state index in [9.17, 15) is 22.8 Å². The van der Waals surface area contributed by atoms with Gasteiger partial charge in [-0.05, 0) is 73.8 Å². The Balaban J connectivity index is 0.888. The van der Waals surface area contributed by atoms with Crippen LogP contribution in [0.1, 0.15) is 68.1 Å². The molecule has 1 aromatic carbocycles. The summed E-state index contributed by atoms with van der Waals surface area (Å²) in [6.45, 7) is 6.12. The number of benzene rings is 1. The number of carbonyl (C=O) groups is 2. The number of ether oxygens (including phenoxy) is 1. The Bertz CT molecular complexity index is 1280. The van der Waals surface area contributed by atoms with Gasteiger partial charge in [0.1, 0.15) is 5.60 Å². The standard InChI is InChI=1S/C34H44F3N5O3/c35-34(36,37)29-9-5-25(6-10-29)21-41-18-13-33(14-19-41)24-42(32(44)45-33)23-26-3-7-28(8-4-26)31(43)39-30-11-16-40(17-12-30)22-27-2-1-15-38-20-27/h1-2,5-6,9-10,15,20,26,28,30H,3-4,7-8,11-14,16-19,21-24H2,(H,39,43)/t26-,28-. The van der Waals surface area contributed by atoms with Gasteiger partial charge in [-0.15, -0.1) is 0 Å². The molecule has 1 spiro atoms. The zero-order chi connectivity index (χ0) is 31.4. The highest BCUT2D eigenvalue weighted by atomic mass is 19.4. The molecule has 0 bridgehead atoms. The van der Waals surface area contributed by atoms with Gasteiger partial charge >= 0.3 is 12.3 Å². The van der Waals surface area contributed by atoms with Crippen molar-refractivity contribution >= 4 is 12.0 Å². The molecule has 2 amide bonds. The van der Waals surface area contributed by atoms with Gasteiger partial charge in [0.25, 0.3) is 0 Å². The van der Waals surface area contributed by atoms with E-state index in [1.165, 1.54) is 17.7 Å². The van der Waals surface area contributed by atoms with Gasteiger partial charge in [0.05, 0.1) is 12.1 Å². The number of piperidine rings is 2. The molecule has 1 saturated carbocycles. The molecule has 11 heteroatoms. The molecule has 3 saturated heterocycles. The van der Waals surface area contributed by atoms with Crippen LogP contribution in [0.25, 0.3) is 0 Å². The van der Waals surface area contributed by atoms with E-state index in [4.69, 9.17) is 4.74 Å². The predicted molar refractivity (Wildman–Crippen MR) is 163 cm³/mol. The van der Waals surface area contributed by atoms with Crippen molar-refractivity contribution in [3.8, 4) is 0 Å². The number of carbonyl (C=O) groups excluding carboxylic acids is 2. The number of aromatic nitrogens is 1. The maximum Gasteiger partial charge on any atom is 0.416 e. The molecule has 8 nitrogen and oxygen atoms in total. The number of pyridine rings is 1. The van der Waals surface area contributed by atoms with E-state index < -0.39 is 17.3 Å². The largest absolute Gasteiger partial charge is 0.441 e. The van der Waals surface area contributed by atoms with Crippen LogP contribution < -0.4 is 5.32 Å². The summed E-state index contributed by atoms with van der Waals surface area (Å²) in [6.07, 6.45) is 6.04. The lowest BCUT2D eigenvalue weighted by Crippen LogP contribution is -2.47. The van der Waals surface area contributed by atoms with Crippen LogP contribution in [0.15, 0.2) is 48.8 Å². The van der Waals surface area contributed by atoms with Gasteiger partial charge in [0.15, 0.2) is 0 Å². The minimum atomic E-state index is -4.33. The molecule has 0 unspecified atom stereocenters. The third-order valence-electron chi connectivity index (χ3n) is 10.3. The molecule has 1 aliphatic carbocycles. The van der Waals surface area contributed by atoms with Crippen LogP contribution in [-0.4, -0.2) is 82.6 Å². The number of rotatable bonds is 8. The molecular weight excluding hydrogens is 583 g/mol. The van der Waals surface area contributed by atoms with Gasteiger partial charge in [-0.1, -0.05) is 18.2 Å². The predicted octanol–water partition coefficient (Wildman–Crippen LogP) is 5.47. The van der Waals surface area contributed by atoms with E-state index in [2.05, 4.69) is 26.2 Å². The van der Waals surface area contributed by atoms with E-state index in [1.54, 1.807) is 6.20 Å². The number of hydrogen-bond donors (Lipinski definition) is 1. The lowest BCUT2D eigenvalue weighted by molar-refractivity contribution is -0.137. The Morgan fingerprint density at radius 3 is 2.22 bits per heavy atom. The van der Waals surface area contributed by atoms with Crippen LogP contribution in [0.4, 0.5) is 18.0 Å². The van der Waals surface area contributed by atoms with Gasteiger partial charge in [-0.3, -0.25) is 19.6 Å². The van der Waals surface area contributed by atoms with Crippen molar-refractivity contribution in [2.45, 2.75) is 82.3 Å². The fraction of sp³-hybridized carbons (Fsp3) is 0.618. The molecule has 3 aliphatic heterocycles. The number of hydrogen-bond acceptors (Lipinski definition) is 6. The summed E-state index contributed by atoms with van der Waals surface area (Å²) in [7, 11) is 0. The molecule has 4 aliphatic rings. The van der Waals surface area contributed by atoms with Crippen molar-refractivity contribution in [2.75, 3.05) is 39.3 Å². The van der Waals surface area contributed by atoms with Gasteiger partial charge in [0, 0.05) is 83.0 Å². The number of alkyl halides is 3.